The number of ether oxygens (including phenoxy) is 1. The van der Waals surface area contributed by atoms with Gasteiger partial charge in [0.05, 0.1) is 13.2 Å². The summed E-state index contributed by atoms with van der Waals surface area (Å²) in [6, 6.07) is 5.24. The number of hydrogen-bond donors (Lipinski definition) is 0. The third-order valence-electron chi connectivity index (χ3n) is 11.8. The van der Waals surface area contributed by atoms with Gasteiger partial charge < -0.3 is 9.64 Å². The van der Waals surface area contributed by atoms with E-state index < -0.39 is 0 Å². The molecule has 1 heterocycles. The van der Waals surface area contributed by atoms with Crippen LogP contribution in [0.3, 0.4) is 0 Å². The van der Waals surface area contributed by atoms with Gasteiger partial charge in [-0.05, 0) is 146 Å². The van der Waals surface area contributed by atoms with Crippen molar-refractivity contribution in [1.82, 2.24) is 0 Å². The van der Waals surface area contributed by atoms with Gasteiger partial charge in [0.2, 0.25) is 0 Å². The van der Waals surface area contributed by atoms with Crippen molar-refractivity contribution < 1.29 is 4.74 Å². The standard InChI is InChI=1S/C30H42NOP/c33-28-26(31-3-5-32-6-4-31)2-1-25(29-13-19-7-20(14-29)9-21(8-19)15-29)27(28)30-16-22-10-23(17-30)12-24(11-22)18-30/h1-2,19-24H,3-18,33H2. The van der Waals surface area contributed by atoms with E-state index in [4.69, 9.17) is 4.74 Å². The Bertz CT molecular complexity index is 892. The molecule has 178 valence electrons. The number of rotatable bonds is 3. The van der Waals surface area contributed by atoms with Crippen molar-refractivity contribution in [1.29, 1.82) is 0 Å². The van der Waals surface area contributed by atoms with Gasteiger partial charge in [-0.3, -0.25) is 0 Å². The van der Waals surface area contributed by atoms with Crippen molar-refractivity contribution in [3.8, 4) is 0 Å². The highest BCUT2D eigenvalue weighted by molar-refractivity contribution is 7.28. The van der Waals surface area contributed by atoms with Gasteiger partial charge in [0.15, 0.2) is 0 Å². The molecule has 1 aromatic carbocycles. The van der Waals surface area contributed by atoms with E-state index in [9.17, 15) is 0 Å². The van der Waals surface area contributed by atoms with Crippen LogP contribution in [0.15, 0.2) is 12.1 Å². The molecule has 8 bridgehead atoms. The number of hydrogen-bond acceptors (Lipinski definition) is 2. The first-order valence-corrected chi connectivity index (χ1v) is 14.9. The summed E-state index contributed by atoms with van der Waals surface area (Å²) in [6.45, 7) is 3.87. The molecule has 0 amide bonds. The Labute approximate surface area is 202 Å². The van der Waals surface area contributed by atoms with Crippen LogP contribution in [-0.4, -0.2) is 26.3 Å². The van der Waals surface area contributed by atoms with Crippen LogP contribution in [0.1, 0.15) is 88.2 Å². The molecule has 1 atom stereocenters. The Morgan fingerprint density at radius 3 is 1.61 bits per heavy atom. The Kier molecular flexibility index (Phi) is 4.51. The average Bonchev–Trinajstić information content (AvgIpc) is 2.77. The molecule has 2 nitrogen and oxygen atoms in total. The first-order valence-electron chi connectivity index (χ1n) is 14.4. The Hall–Kier alpha value is -0.590. The fourth-order valence-corrected chi connectivity index (χ4v) is 12.3. The van der Waals surface area contributed by atoms with Crippen molar-refractivity contribution in [2.45, 2.75) is 87.9 Å². The Morgan fingerprint density at radius 1 is 0.667 bits per heavy atom. The number of anilines is 1. The summed E-state index contributed by atoms with van der Waals surface area (Å²) >= 11 is 0. The zero-order valence-electron chi connectivity index (χ0n) is 20.4. The van der Waals surface area contributed by atoms with Crippen molar-refractivity contribution >= 4 is 20.2 Å². The maximum absolute atomic E-state index is 5.73. The van der Waals surface area contributed by atoms with Crippen LogP contribution < -0.4 is 10.2 Å². The van der Waals surface area contributed by atoms with Gasteiger partial charge >= 0.3 is 0 Å². The van der Waals surface area contributed by atoms with E-state index in [-0.39, 0.29) is 0 Å². The zero-order valence-corrected chi connectivity index (χ0v) is 21.5. The molecule has 0 N–H and O–H groups in total. The van der Waals surface area contributed by atoms with E-state index in [0.29, 0.717) is 10.8 Å². The molecule has 1 aliphatic heterocycles. The molecule has 0 spiro atoms. The van der Waals surface area contributed by atoms with Gasteiger partial charge in [0.1, 0.15) is 0 Å². The maximum Gasteiger partial charge on any atom is 0.0642 e. The molecule has 1 aromatic rings. The monoisotopic (exact) mass is 463 g/mol. The van der Waals surface area contributed by atoms with E-state index in [2.05, 4.69) is 26.3 Å². The van der Waals surface area contributed by atoms with Crippen LogP contribution in [0, 0.1) is 35.5 Å². The summed E-state index contributed by atoms with van der Waals surface area (Å²) in [5, 5.41) is 1.60. The van der Waals surface area contributed by atoms with E-state index in [1.807, 2.05) is 11.1 Å². The van der Waals surface area contributed by atoms with Gasteiger partial charge in [0, 0.05) is 18.8 Å². The van der Waals surface area contributed by atoms with Crippen LogP contribution in [0.5, 0.6) is 0 Å². The summed E-state index contributed by atoms with van der Waals surface area (Å²) in [5.74, 6) is 6.10. The summed E-state index contributed by atoms with van der Waals surface area (Å²) in [7, 11) is 3.35. The molecule has 1 saturated heterocycles. The smallest absolute Gasteiger partial charge is 0.0642 e. The van der Waals surface area contributed by atoms with Gasteiger partial charge in [0.25, 0.3) is 0 Å². The molecule has 8 saturated carbocycles. The van der Waals surface area contributed by atoms with Gasteiger partial charge in [-0.2, -0.15) is 0 Å². The largest absolute Gasteiger partial charge is 0.378 e. The lowest BCUT2D eigenvalue weighted by molar-refractivity contribution is -0.0170. The molecule has 9 fully saturated rings. The summed E-state index contributed by atoms with van der Waals surface area (Å²) < 4.78 is 5.73. The van der Waals surface area contributed by atoms with Gasteiger partial charge in [-0.1, -0.05) is 6.07 Å². The second-order valence-electron chi connectivity index (χ2n) is 13.9. The van der Waals surface area contributed by atoms with Crippen LogP contribution >= 0.6 is 9.24 Å². The van der Waals surface area contributed by atoms with E-state index in [1.54, 1.807) is 43.8 Å². The highest BCUT2D eigenvalue weighted by Gasteiger charge is 2.57. The first kappa shape index (κ1) is 20.6. The highest BCUT2D eigenvalue weighted by atomic mass is 31.0. The lowest BCUT2D eigenvalue weighted by Gasteiger charge is -2.61. The second-order valence-corrected chi connectivity index (χ2v) is 14.5. The Balaban J connectivity index is 1.30. The molecule has 0 radical (unpaired) electrons. The highest BCUT2D eigenvalue weighted by Crippen LogP contribution is 2.65. The summed E-state index contributed by atoms with van der Waals surface area (Å²) in [5.41, 5.74) is 6.22. The first-order chi connectivity index (χ1) is 16.1. The van der Waals surface area contributed by atoms with Crippen molar-refractivity contribution in [3.05, 3.63) is 23.3 Å². The fraction of sp³-hybridized carbons (Fsp3) is 0.800. The van der Waals surface area contributed by atoms with Crippen LogP contribution in [0.2, 0.25) is 0 Å². The van der Waals surface area contributed by atoms with Crippen LogP contribution in [-0.2, 0) is 15.6 Å². The van der Waals surface area contributed by atoms with Crippen molar-refractivity contribution in [2.24, 2.45) is 35.5 Å². The third-order valence-corrected chi connectivity index (χ3v) is 12.3. The molecule has 0 aromatic heterocycles. The van der Waals surface area contributed by atoms with Crippen molar-refractivity contribution in [2.75, 3.05) is 31.2 Å². The van der Waals surface area contributed by atoms with E-state index in [1.165, 1.54) is 44.2 Å². The SMILES string of the molecule is Pc1c(N2CCOCC2)ccc(C23CC4CC(CC(C4)C2)C3)c1C12CC3CC(CC(C3)C1)C2. The van der Waals surface area contributed by atoms with Crippen LogP contribution in [0.25, 0.3) is 0 Å². The minimum Gasteiger partial charge on any atom is -0.378 e. The molecule has 1 unspecified atom stereocenters. The predicted molar refractivity (Wildman–Crippen MR) is 139 cm³/mol. The van der Waals surface area contributed by atoms with E-state index >= 15 is 0 Å². The lowest BCUT2D eigenvalue weighted by Crippen LogP contribution is -2.54. The molecule has 33 heavy (non-hydrogen) atoms. The Morgan fingerprint density at radius 2 is 1.12 bits per heavy atom. The quantitative estimate of drug-likeness (QED) is 0.513. The van der Waals surface area contributed by atoms with Gasteiger partial charge in [-0.25, -0.2) is 0 Å². The number of nitrogens with zero attached hydrogens (tertiary/aromatic N) is 1. The van der Waals surface area contributed by atoms with E-state index in [0.717, 1.165) is 61.8 Å². The maximum atomic E-state index is 5.73. The molecule has 3 heteroatoms. The fourth-order valence-electron chi connectivity index (χ4n) is 11.6. The molecule has 10 rings (SSSR count). The van der Waals surface area contributed by atoms with Gasteiger partial charge in [-0.15, -0.1) is 9.24 Å². The van der Waals surface area contributed by atoms with Crippen molar-refractivity contribution in [3.63, 3.8) is 0 Å². The molecular formula is C30H42NOP. The third kappa shape index (κ3) is 3.05. The lowest BCUT2D eigenvalue weighted by atomic mass is 9.44. The number of morpholine rings is 1. The molecule has 8 aliphatic carbocycles. The molecular weight excluding hydrogens is 421 g/mol. The topological polar surface area (TPSA) is 12.5 Å². The minimum atomic E-state index is 0.479. The second kappa shape index (κ2) is 7.22. The zero-order chi connectivity index (χ0) is 21.8. The number of benzene rings is 1. The normalized spacial score (nSPS) is 47.5. The minimum absolute atomic E-state index is 0.479. The molecule has 9 aliphatic rings. The van der Waals surface area contributed by atoms with Crippen LogP contribution in [0.4, 0.5) is 5.69 Å². The average molecular weight is 464 g/mol. The predicted octanol–water partition coefficient (Wildman–Crippen LogP) is 5.96. The summed E-state index contributed by atoms with van der Waals surface area (Å²) in [4.78, 5) is 2.64. The summed E-state index contributed by atoms with van der Waals surface area (Å²) in [6.07, 6.45) is 18.2.